The number of sulfonamides is 1. The van der Waals surface area contributed by atoms with E-state index in [-0.39, 0.29) is 12.3 Å². The lowest BCUT2D eigenvalue weighted by atomic mass is 10.1. The number of rotatable bonds is 5. The first-order valence-electron chi connectivity index (χ1n) is 7.16. The standard InChI is InChI=1S/C14H20F2N2O3S/c1-2-22(20,21)18-7-5-17(6-8-18)10-14(19)11-3-4-12(15)13(16)9-11/h3-4,9,14,19H,2,5-8,10H2,1H3. The maximum absolute atomic E-state index is 13.2. The van der Waals surface area contributed by atoms with Gasteiger partial charge in [-0.05, 0) is 24.6 Å². The van der Waals surface area contributed by atoms with E-state index >= 15 is 0 Å². The molecule has 1 saturated heterocycles. The highest BCUT2D eigenvalue weighted by molar-refractivity contribution is 7.89. The Kier molecular flexibility index (Phi) is 5.49. The van der Waals surface area contributed by atoms with Crippen LogP contribution in [0.15, 0.2) is 18.2 Å². The molecule has 1 atom stereocenters. The van der Waals surface area contributed by atoms with Crippen LogP contribution in [0.4, 0.5) is 8.78 Å². The fraction of sp³-hybridized carbons (Fsp3) is 0.571. The molecule has 1 unspecified atom stereocenters. The molecule has 124 valence electrons. The number of aliphatic hydroxyl groups excluding tert-OH is 1. The van der Waals surface area contributed by atoms with Gasteiger partial charge in [-0.2, -0.15) is 4.31 Å². The highest BCUT2D eigenvalue weighted by atomic mass is 32.2. The van der Waals surface area contributed by atoms with Gasteiger partial charge in [0.25, 0.3) is 0 Å². The van der Waals surface area contributed by atoms with Gasteiger partial charge < -0.3 is 5.11 Å². The molecule has 0 saturated carbocycles. The molecule has 1 aliphatic rings. The molecule has 8 heteroatoms. The predicted molar refractivity (Wildman–Crippen MR) is 78.8 cm³/mol. The second kappa shape index (κ2) is 6.99. The van der Waals surface area contributed by atoms with Gasteiger partial charge in [0.1, 0.15) is 0 Å². The van der Waals surface area contributed by atoms with Crippen molar-refractivity contribution >= 4 is 10.0 Å². The number of benzene rings is 1. The summed E-state index contributed by atoms with van der Waals surface area (Å²) in [4.78, 5) is 1.91. The fourth-order valence-electron chi connectivity index (χ4n) is 2.44. The minimum atomic E-state index is -3.18. The summed E-state index contributed by atoms with van der Waals surface area (Å²) in [6.07, 6.45) is -0.940. The Labute approximate surface area is 129 Å². The molecule has 0 aromatic heterocycles. The van der Waals surface area contributed by atoms with Gasteiger partial charge >= 0.3 is 0 Å². The third-order valence-electron chi connectivity index (χ3n) is 3.85. The van der Waals surface area contributed by atoms with E-state index in [0.717, 1.165) is 12.1 Å². The molecule has 2 rings (SSSR count). The molecule has 1 aromatic rings. The van der Waals surface area contributed by atoms with Gasteiger partial charge in [-0.15, -0.1) is 0 Å². The summed E-state index contributed by atoms with van der Waals surface area (Å²) >= 11 is 0. The van der Waals surface area contributed by atoms with E-state index in [1.807, 2.05) is 4.90 Å². The van der Waals surface area contributed by atoms with E-state index in [2.05, 4.69) is 0 Å². The molecular formula is C14H20F2N2O3S. The molecule has 0 spiro atoms. The normalized spacial score (nSPS) is 19.3. The molecular weight excluding hydrogens is 314 g/mol. The van der Waals surface area contributed by atoms with Crippen LogP contribution in [0.1, 0.15) is 18.6 Å². The van der Waals surface area contributed by atoms with Crippen molar-refractivity contribution in [3.63, 3.8) is 0 Å². The topological polar surface area (TPSA) is 60.9 Å². The molecule has 1 fully saturated rings. The second-order valence-electron chi connectivity index (χ2n) is 5.29. The Balaban J connectivity index is 1.91. The first-order chi connectivity index (χ1) is 10.3. The third-order valence-corrected chi connectivity index (χ3v) is 5.73. The molecule has 1 heterocycles. The summed E-state index contributed by atoms with van der Waals surface area (Å²) in [7, 11) is -3.18. The van der Waals surface area contributed by atoms with Crippen molar-refractivity contribution < 1.29 is 22.3 Å². The van der Waals surface area contributed by atoms with E-state index in [0.29, 0.717) is 31.7 Å². The largest absolute Gasteiger partial charge is 0.387 e. The van der Waals surface area contributed by atoms with Crippen molar-refractivity contribution in [2.24, 2.45) is 0 Å². The number of hydrogen-bond acceptors (Lipinski definition) is 4. The van der Waals surface area contributed by atoms with Crippen molar-refractivity contribution in [3.05, 3.63) is 35.4 Å². The Hall–Kier alpha value is -1.09. The molecule has 0 aliphatic carbocycles. The maximum atomic E-state index is 13.2. The number of hydrogen-bond donors (Lipinski definition) is 1. The van der Waals surface area contributed by atoms with E-state index in [9.17, 15) is 22.3 Å². The van der Waals surface area contributed by atoms with E-state index in [4.69, 9.17) is 0 Å². The SMILES string of the molecule is CCS(=O)(=O)N1CCN(CC(O)c2ccc(F)c(F)c2)CC1. The van der Waals surface area contributed by atoms with Gasteiger partial charge in [0.2, 0.25) is 10.0 Å². The zero-order valence-electron chi connectivity index (χ0n) is 12.4. The van der Waals surface area contributed by atoms with E-state index in [1.165, 1.54) is 10.4 Å². The lowest BCUT2D eigenvalue weighted by Gasteiger charge is -2.34. The van der Waals surface area contributed by atoms with Crippen LogP contribution >= 0.6 is 0 Å². The Morgan fingerprint density at radius 2 is 1.82 bits per heavy atom. The van der Waals surface area contributed by atoms with Crippen LogP contribution in [-0.4, -0.2) is 61.2 Å². The summed E-state index contributed by atoms with van der Waals surface area (Å²) in [5.41, 5.74) is 0.308. The van der Waals surface area contributed by atoms with Crippen LogP contribution in [0.3, 0.4) is 0 Å². The Morgan fingerprint density at radius 3 is 2.36 bits per heavy atom. The van der Waals surface area contributed by atoms with Crippen LogP contribution in [0.25, 0.3) is 0 Å². The van der Waals surface area contributed by atoms with Gasteiger partial charge in [0.15, 0.2) is 11.6 Å². The third kappa shape index (κ3) is 4.01. The zero-order chi connectivity index (χ0) is 16.3. The minimum Gasteiger partial charge on any atom is -0.387 e. The van der Waals surface area contributed by atoms with Crippen LogP contribution in [0, 0.1) is 11.6 Å². The van der Waals surface area contributed by atoms with E-state index in [1.54, 1.807) is 6.92 Å². The van der Waals surface area contributed by atoms with Gasteiger partial charge in [-0.1, -0.05) is 6.07 Å². The summed E-state index contributed by atoms with van der Waals surface area (Å²) in [5.74, 6) is -1.87. The van der Waals surface area contributed by atoms with Crippen molar-refractivity contribution in [1.82, 2.24) is 9.21 Å². The van der Waals surface area contributed by atoms with Gasteiger partial charge in [0, 0.05) is 32.7 Å². The molecule has 0 amide bonds. The first kappa shape index (κ1) is 17.3. The van der Waals surface area contributed by atoms with E-state index < -0.39 is 27.8 Å². The van der Waals surface area contributed by atoms with Crippen molar-refractivity contribution in [2.75, 3.05) is 38.5 Å². The Morgan fingerprint density at radius 1 is 1.18 bits per heavy atom. The quantitative estimate of drug-likeness (QED) is 0.871. The average Bonchev–Trinajstić information content (AvgIpc) is 2.50. The van der Waals surface area contributed by atoms with Crippen molar-refractivity contribution in [2.45, 2.75) is 13.0 Å². The van der Waals surface area contributed by atoms with Crippen LogP contribution < -0.4 is 0 Å². The number of β-amino-alcohol motifs (C(OH)–C–C–N with tert-alkyl or cyclic N) is 1. The lowest BCUT2D eigenvalue weighted by Crippen LogP contribution is -2.49. The monoisotopic (exact) mass is 334 g/mol. The molecule has 1 aromatic carbocycles. The molecule has 1 N–H and O–H groups in total. The minimum absolute atomic E-state index is 0.0739. The van der Waals surface area contributed by atoms with Gasteiger partial charge in [0.05, 0.1) is 11.9 Å². The fourth-order valence-corrected chi connectivity index (χ4v) is 3.53. The summed E-state index contributed by atoms with van der Waals surface area (Å²) in [6.45, 7) is 3.61. The predicted octanol–water partition coefficient (Wildman–Crippen LogP) is 0.965. The van der Waals surface area contributed by atoms with Gasteiger partial charge in [-0.3, -0.25) is 4.90 Å². The molecule has 0 bridgehead atoms. The summed E-state index contributed by atoms with van der Waals surface area (Å²) < 4.78 is 51.0. The summed E-state index contributed by atoms with van der Waals surface area (Å²) in [6, 6.07) is 3.32. The van der Waals surface area contributed by atoms with Crippen LogP contribution in [0.2, 0.25) is 0 Å². The van der Waals surface area contributed by atoms with Crippen molar-refractivity contribution in [1.29, 1.82) is 0 Å². The molecule has 22 heavy (non-hydrogen) atoms. The Bertz CT molecular complexity index is 617. The smallest absolute Gasteiger partial charge is 0.213 e. The molecule has 5 nitrogen and oxygen atoms in total. The molecule has 1 aliphatic heterocycles. The molecule has 0 radical (unpaired) electrons. The highest BCUT2D eigenvalue weighted by Crippen LogP contribution is 2.18. The number of aliphatic hydroxyl groups is 1. The maximum Gasteiger partial charge on any atom is 0.213 e. The number of nitrogens with zero attached hydrogens (tertiary/aromatic N) is 2. The lowest BCUT2D eigenvalue weighted by molar-refractivity contribution is 0.0919. The number of halogens is 2. The number of piperazine rings is 1. The summed E-state index contributed by atoms with van der Waals surface area (Å²) in [5, 5.41) is 10.1. The second-order valence-corrected chi connectivity index (χ2v) is 7.55. The van der Waals surface area contributed by atoms with Gasteiger partial charge in [-0.25, -0.2) is 17.2 Å². The highest BCUT2D eigenvalue weighted by Gasteiger charge is 2.26. The average molecular weight is 334 g/mol. The first-order valence-corrected chi connectivity index (χ1v) is 8.77. The van der Waals surface area contributed by atoms with Crippen molar-refractivity contribution in [3.8, 4) is 0 Å². The van der Waals surface area contributed by atoms with Crippen LogP contribution in [-0.2, 0) is 10.0 Å². The van der Waals surface area contributed by atoms with Crippen LogP contribution in [0.5, 0.6) is 0 Å². The zero-order valence-corrected chi connectivity index (χ0v) is 13.2.